The van der Waals surface area contributed by atoms with Gasteiger partial charge in [0.2, 0.25) is 5.88 Å². The number of ether oxygens (including phenoxy) is 3. The summed E-state index contributed by atoms with van der Waals surface area (Å²) in [5, 5.41) is 3.30. The Kier molecular flexibility index (Phi) is 5.04. The van der Waals surface area contributed by atoms with E-state index < -0.39 is 0 Å². The molecule has 1 N–H and O–H groups in total. The number of hydrogen-bond acceptors (Lipinski definition) is 6. The average Bonchev–Trinajstić information content (AvgIpc) is 2.54. The number of para-hydroxylation sites is 1. The normalized spacial score (nSPS) is 10.2. The van der Waals surface area contributed by atoms with Crippen molar-refractivity contribution in [3.63, 3.8) is 0 Å². The van der Waals surface area contributed by atoms with Gasteiger partial charge in [-0.15, -0.1) is 0 Å². The lowest BCUT2D eigenvalue weighted by molar-refractivity contribution is 0.352. The SMILES string of the molecule is COc1cccc(CNc2nc(C)nc(OC)c2C)c1OC. The number of hydrogen-bond donors (Lipinski definition) is 1. The van der Waals surface area contributed by atoms with Crippen molar-refractivity contribution >= 4 is 5.82 Å². The maximum absolute atomic E-state index is 5.43. The van der Waals surface area contributed by atoms with Gasteiger partial charge in [0, 0.05) is 12.1 Å². The summed E-state index contributed by atoms with van der Waals surface area (Å²) in [5.74, 6) is 3.40. The molecule has 22 heavy (non-hydrogen) atoms. The fraction of sp³-hybridized carbons (Fsp3) is 0.375. The van der Waals surface area contributed by atoms with Gasteiger partial charge in [0.15, 0.2) is 11.5 Å². The third-order valence-electron chi connectivity index (χ3n) is 3.34. The maximum Gasteiger partial charge on any atom is 0.221 e. The Balaban J connectivity index is 2.26. The molecule has 1 aromatic carbocycles. The molecular weight excluding hydrogens is 282 g/mol. The van der Waals surface area contributed by atoms with Gasteiger partial charge in [0.05, 0.1) is 26.9 Å². The molecule has 0 aliphatic heterocycles. The lowest BCUT2D eigenvalue weighted by Gasteiger charge is -2.15. The van der Waals surface area contributed by atoms with Crippen LogP contribution in [0.2, 0.25) is 0 Å². The van der Waals surface area contributed by atoms with Crippen LogP contribution in [0.15, 0.2) is 18.2 Å². The van der Waals surface area contributed by atoms with Gasteiger partial charge < -0.3 is 19.5 Å². The Bertz CT molecular complexity index is 659. The van der Waals surface area contributed by atoms with Gasteiger partial charge in [-0.05, 0) is 19.9 Å². The number of methoxy groups -OCH3 is 3. The van der Waals surface area contributed by atoms with E-state index in [0.717, 1.165) is 16.9 Å². The molecule has 0 saturated carbocycles. The Hall–Kier alpha value is -2.50. The number of nitrogens with one attached hydrogen (secondary N) is 1. The first-order chi connectivity index (χ1) is 10.6. The zero-order valence-corrected chi connectivity index (χ0v) is 13.6. The van der Waals surface area contributed by atoms with Crippen molar-refractivity contribution in [1.82, 2.24) is 9.97 Å². The summed E-state index contributed by atoms with van der Waals surface area (Å²) in [6.45, 7) is 4.31. The van der Waals surface area contributed by atoms with Crippen molar-refractivity contribution in [2.24, 2.45) is 0 Å². The fourth-order valence-corrected chi connectivity index (χ4v) is 2.25. The average molecular weight is 303 g/mol. The van der Waals surface area contributed by atoms with Gasteiger partial charge in [-0.1, -0.05) is 12.1 Å². The molecule has 118 valence electrons. The van der Waals surface area contributed by atoms with Crippen LogP contribution in [0, 0.1) is 13.8 Å². The van der Waals surface area contributed by atoms with Gasteiger partial charge in [-0.25, -0.2) is 4.98 Å². The minimum atomic E-state index is 0.556. The molecule has 0 bridgehead atoms. The van der Waals surface area contributed by atoms with Crippen LogP contribution in [0.1, 0.15) is 17.0 Å². The fourth-order valence-electron chi connectivity index (χ4n) is 2.25. The highest BCUT2D eigenvalue weighted by atomic mass is 16.5. The molecule has 2 aromatic rings. The molecule has 0 spiro atoms. The number of benzene rings is 1. The van der Waals surface area contributed by atoms with Crippen LogP contribution >= 0.6 is 0 Å². The van der Waals surface area contributed by atoms with Crippen molar-refractivity contribution in [2.75, 3.05) is 26.6 Å². The second kappa shape index (κ2) is 6.98. The molecule has 1 aromatic heterocycles. The van der Waals surface area contributed by atoms with E-state index in [-0.39, 0.29) is 0 Å². The van der Waals surface area contributed by atoms with Crippen LogP contribution in [0.4, 0.5) is 5.82 Å². The first kappa shape index (κ1) is 15.9. The number of aromatic nitrogens is 2. The second-order valence-electron chi connectivity index (χ2n) is 4.76. The van der Waals surface area contributed by atoms with Crippen molar-refractivity contribution in [1.29, 1.82) is 0 Å². The number of rotatable bonds is 6. The first-order valence-corrected chi connectivity index (χ1v) is 6.93. The van der Waals surface area contributed by atoms with Crippen LogP contribution in [-0.2, 0) is 6.54 Å². The Morgan fingerprint density at radius 2 is 1.77 bits per heavy atom. The zero-order chi connectivity index (χ0) is 16.1. The van der Waals surface area contributed by atoms with Crippen molar-refractivity contribution in [2.45, 2.75) is 20.4 Å². The van der Waals surface area contributed by atoms with Crippen molar-refractivity contribution < 1.29 is 14.2 Å². The van der Waals surface area contributed by atoms with Gasteiger partial charge in [0.1, 0.15) is 11.6 Å². The highest BCUT2D eigenvalue weighted by molar-refractivity contribution is 5.52. The third-order valence-corrected chi connectivity index (χ3v) is 3.34. The summed E-state index contributed by atoms with van der Waals surface area (Å²) in [4.78, 5) is 8.67. The molecule has 0 unspecified atom stereocenters. The zero-order valence-electron chi connectivity index (χ0n) is 13.6. The van der Waals surface area contributed by atoms with E-state index in [1.807, 2.05) is 32.0 Å². The van der Waals surface area contributed by atoms with Gasteiger partial charge in [0.25, 0.3) is 0 Å². The van der Waals surface area contributed by atoms with Gasteiger partial charge in [-0.2, -0.15) is 4.98 Å². The standard InChI is InChI=1S/C16H21N3O3/c1-10-15(18-11(2)19-16(10)22-5)17-9-12-7-6-8-13(20-3)14(12)21-4/h6-8H,9H2,1-5H3,(H,17,18,19). The van der Waals surface area contributed by atoms with Crippen LogP contribution in [0.5, 0.6) is 17.4 Å². The predicted octanol–water partition coefficient (Wildman–Crippen LogP) is 2.73. The van der Waals surface area contributed by atoms with Gasteiger partial charge in [-0.3, -0.25) is 0 Å². The molecule has 6 heteroatoms. The molecule has 2 rings (SSSR count). The highest BCUT2D eigenvalue weighted by Gasteiger charge is 2.12. The molecule has 0 saturated heterocycles. The van der Waals surface area contributed by atoms with E-state index in [2.05, 4.69) is 15.3 Å². The summed E-state index contributed by atoms with van der Waals surface area (Å²) >= 11 is 0. The number of anilines is 1. The van der Waals surface area contributed by atoms with E-state index in [4.69, 9.17) is 14.2 Å². The van der Waals surface area contributed by atoms with E-state index in [1.54, 1.807) is 21.3 Å². The van der Waals surface area contributed by atoms with Crippen LogP contribution in [0.3, 0.4) is 0 Å². The summed E-state index contributed by atoms with van der Waals surface area (Å²) in [5.41, 5.74) is 1.85. The molecule has 1 heterocycles. The minimum Gasteiger partial charge on any atom is -0.493 e. The van der Waals surface area contributed by atoms with Gasteiger partial charge >= 0.3 is 0 Å². The number of nitrogens with zero attached hydrogens (tertiary/aromatic N) is 2. The molecular formula is C16H21N3O3. The molecule has 0 atom stereocenters. The molecule has 0 aliphatic rings. The molecule has 0 aliphatic carbocycles. The summed E-state index contributed by atoms with van der Waals surface area (Å²) in [6, 6.07) is 5.78. The smallest absolute Gasteiger partial charge is 0.221 e. The summed E-state index contributed by atoms with van der Waals surface area (Å²) in [7, 11) is 4.85. The Morgan fingerprint density at radius 3 is 2.41 bits per heavy atom. The van der Waals surface area contributed by atoms with E-state index >= 15 is 0 Å². The van der Waals surface area contributed by atoms with Crippen LogP contribution in [0.25, 0.3) is 0 Å². The molecule has 6 nitrogen and oxygen atoms in total. The largest absolute Gasteiger partial charge is 0.493 e. The monoisotopic (exact) mass is 303 g/mol. The predicted molar refractivity (Wildman–Crippen MR) is 84.9 cm³/mol. The molecule has 0 fully saturated rings. The second-order valence-corrected chi connectivity index (χ2v) is 4.76. The Morgan fingerprint density at radius 1 is 1.00 bits per heavy atom. The summed E-state index contributed by atoms with van der Waals surface area (Å²) < 4.78 is 16.0. The Labute approximate surface area is 130 Å². The van der Waals surface area contributed by atoms with Crippen LogP contribution in [-0.4, -0.2) is 31.3 Å². The van der Waals surface area contributed by atoms with E-state index in [0.29, 0.717) is 29.7 Å². The highest BCUT2D eigenvalue weighted by Crippen LogP contribution is 2.31. The van der Waals surface area contributed by atoms with Crippen LogP contribution < -0.4 is 19.5 Å². The van der Waals surface area contributed by atoms with E-state index in [1.165, 1.54) is 0 Å². The molecule has 0 radical (unpaired) electrons. The topological polar surface area (TPSA) is 65.5 Å². The third kappa shape index (κ3) is 3.21. The van der Waals surface area contributed by atoms with E-state index in [9.17, 15) is 0 Å². The van der Waals surface area contributed by atoms with Crippen molar-refractivity contribution in [3.8, 4) is 17.4 Å². The minimum absolute atomic E-state index is 0.556. The maximum atomic E-state index is 5.43. The summed E-state index contributed by atoms with van der Waals surface area (Å²) in [6.07, 6.45) is 0. The van der Waals surface area contributed by atoms with Crippen molar-refractivity contribution in [3.05, 3.63) is 35.2 Å². The first-order valence-electron chi connectivity index (χ1n) is 6.93. The lowest BCUT2D eigenvalue weighted by atomic mass is 10.2. The lowest BCUT2D eigenvalue weighted by Crippen LogP contribution is -2.08. The molecule has 0 amide bonds. The number of aryl methyl sites for hydroxylation is 1. The quantitative estimate of drug-likeness (QED) is 0.885.